The standard InChI is InChI=1S/C26H21N3O4S/c1-16-13-24(30)33-22-14-19(11-12-20(16)22)32-15-17-7-9-18(10-8-17)25(31)27-28-26-29(2)21-5-3-4-6-23(21)34-26/h3-14H,15H2,1-2H3,(H,27,31). The molecule has 0 aliphatic carbocycles. The van der Waals surface area contributed by atoms with Crippen LogP contribution < -0.4 is 20.6 Å². The van der Waals surface area contributed by atoms with Gasteiger partial charge in [0, 0.05) is 30.1 Å². The Bertz CT molecular complexity index is 1650. The van der Waals surface area contributed by atoms with Crippen LogP contribution in [0.15, 0.2) is 87.1 Å². The third-order valence-corrected chi connectivity index (χ3v) is 6.63. The molecule has 2 aromatic heterocycles. The molecule has 170 valence electrons. The molecule has 0 fully saturated rings. The van der Waals surface area contributed by atoms with Gasteiger partial charge in [-0.3, -0.25) is 4.79 Å². The first-order chi connectivity index (χ1) is 16.5. The van der Waals surface area contributed by atoms with Gasteiger partial charge in [-0.2, -0.15) is 0 Å². The predicted octanol–water partition coefficient (Wildman–Crippen LogP) is 4.48. The van der Waals surface area contributed by atoms with Crippen molar-refractivity contribution < 1.29 is 13.9 Å². The van der Waals surface area contributed by atoms with Crippen molar-refractivity contribution in [3.63, 3.8) is 0 Å². The van der Waals surface area contributed by atoms with E-state index in [2.05, 4.69) is 10.5 Å². The lowest BCUT2D eigenvalue weighted by Crippen LogP contribution is -2.23. The maximum absolute atomic E-state index is 12.5. The summed E-state index contributed by atoms with van der Waals surface area (Å²) < 4.78 is 14.2. The molecule has 0 aliphatic rings. The average molecular weight is 472 g/mol. The zero-order valence-electron chi connectivity index (χ0n) is 18.6. The van der Waals surface area contributed by atoms with Crippen LogP contribution >= 0.6 is 11.3 Å². The first kappa shape index (κ1) is 21.7. The highest BCUT2D eigenvalue weighted by molar-refractivity contribution is 7.16. The van der Waals surface area contributed by atoms with E-state index in [9.17, 15) is 9.59 Å². The van der Waals surface area contributed by atoms with E-state index in [1.807, 2.05) is 67.1 Å². The highest BCUT2D eigenvalue weighted by atomic mass is 32.1. The Morgan fingerprint density at radius 2 is 1.88 bits per heavy atom. The zero-order valence-corrected chi connectivity index (χ0v) is 19.4. The van der Waals surface area contributed by atoms with Gasteiger partial charge in [0.25, 0.3) is 5.91 Å². The minimum absolute atomic E-state index is 0.287. The van der Waals surface area contributed by atoms with E-state index in [4.69, 9.17) is 9.15 Å². The molecule has 34 heavy (non-hydrogen) atoms. The summed E-state index contributed by atoms with van der Waals surface area (Å²) in [5, 5.41) is 5.15. The largest absolute Gasteiger partial charge is 0.489 e. The summed E-state index contributed by atoms with van der Waals surface area (Å²) in [6, 6.07) is 22.0. The molecular formula is C26H21N3O4S. The fourth-order valence-corrected chi connectivity index (χ4v) is 4.64. The topological polar surface area (TPSA) is 85.8 Å². The number of aryl methyl sites for hydroxylation is 2. The summed E-state index contributed by atoms with van der Waals surface area (Å²) in [7, 11) is 1.92. The van der Waals surface area contributed by atoms with E-state index < -0.39 is 0 Å². The molecule has 5 aromatic rings. The number of benzene rings is 3. The Hall–Kier alpha value is -4.17. The number of para-hydroxylation sites is 1. The highest BCUT2D eigenvalue weighted by Crippen LogP contribution is 2.23. The van der Waals surface area contributed by atoms with Crippen LogP contribution in [0.5, 0.6) is 5.75 Å². The van der Waals surface area contributed by atoms with Crippen molar-refractivity contribution in [2.24, 2.45) is 12.1 Å². The van der Waals surface area contributed by atoms with Crippen LogP contribution in [0.25, 0.3) is 21.2 Å². The van der Waals surface area contributed by atoms with Gasteiger partial charge in [-0.05, 0) is 54.4 Å². The van der Waals surface area contributed by atoms with Crippen LogP contribution in [0.2, 0.25) is 0 Å². The van der Waals surface area contributed by atoms with Crippen molar-refractivity contribution in [2.45, 2.75) is 13.5 Å². The van der Waals surface area contributed by atoms with Crippen LogP contribution in [0, 0.1) is 6.92 Å². The molecule has 1 N–H and O–H groups in total. The third-order valence-electron chi connectivity index (χ3n) is 5.51. The van der Waals surface area contributed by atoms with E-state index in [1.54, 1.807) is 18.2 Å². The van der Waals surface area contributed by atoms with Crippen molar-refractivity contribution in [1.82, 2.24) is 9.99 Å². The second kappa shape index (κ2) is 8.99. The van der Waals surface area contributed by atoms with Gasteiger partial charge in [0.05, 0.1) is 10.2 Å². The Balaban J connectivity index is 1.25. The third kappa shape index (κ3) is 4.35. The lowest BCUT2D eigenvalue weighted by atomic mass is 10.1. The van der Waals surface area contributed by atoms with Crippen LogP contribution in [0.3, 0.4) is 0 Å². The van der Waals surface area contributed by atoms with Gasteiger partial charge in [-0.25, -0.2) is 10.2 Å². The molecule has 0 spiro atoms. The van der Waals surface area contributed by atoms with Gasteiger partial charge in [0.15, 0.2) is 0 Å². The Labute approximate surface area is 198 Å². The molecule has 8 heteroatoms. The molecule has 0 radical (unpaired) electrons. The number of hydrogen-bond donors (Lipinski definition) is 1. The molecule has 1 amide bonds. The van der Waals surface area contributed by atoms with Crippen LogP contribution in [-0.2, 0) is 13.7 Å². The molecule has 5 rings (SSSR count). The fraction of sp³-hybridized carbons (Fsp3) is 0.115. The quantitative estimate of drug-likeness (QED) is 0.303. The number of carbonyl (C=O) groups excluding carboxylic acids is 1. The SMILES string of the molecule is Cc1cc(=O)oc2cc(OCc3ccc(C(=O)NN=c4sc5ccccc5n4C)cc3)ccc12. The highest BCUT2D eigenvalue weighted by Gasteiger charge is 2.08. The van der Waals surface area contributed by atoms with Crippen molar-refractivity contribution in [3.8, 4) is 5.75 Å². The van der Waals surface area contributed by atoms with Gasteiger partial charge in [-0.15, -0.1) is 5.10 Å². The van der Waals surface area contributed by atoms with Crippen molar-refractivity contribution in [2.75, 3.05) is 0 Å². The predicted molar refractivity (Wildman–Crippen MR) is 132 cm³/mol. The van der Waals surface area contributed by atoms with Crippen LogP contribution in [-0.4, -0.2) is 10.5 Å². The molecule has 0 aliphatic heterocycles. The molecule has 7 nitrogen and oxygen atoms in total. The van der Waals surface area contributed by atoms with Crippen LogP contribution in [0.1, 0.15) is 21.5 Å². The van der Waals surface area contributed by atoms with Gasteiger partial charge in [0.1, 0.15) is 17.9 Å². The number of ether oxygens (including phenoxy) is 1. The normalized spacial score (nSPS) is 11.8. The average Bonchev–Trinajstić information content (AvgIpc) is 3.16. The number of hydrogen-bond acceptors (Lipinski definition) is 6. The van der Waals surface area contributed by atoms with E-state index in [-0.39, 0.29) is 11.5 Å². The van der Waals surface area contributed by atoms with E-state index >= 15 is 0 Å². The monoisotopic (exact) mass is 471 g/mol. The first-order valence-electron chi connectivity index (χ1n) is 10.6. The molecule has 2 heterocycles. The van der Waals surface area contributed by atoms with Crippen molar-refractivity contribution in [1.29, 1.82) is 0 Å². The summed E-state index contributed by atoms with van der Waals surface area (Å²) in [5.74, 6) is 0.308. The lowest BCUT2D eigenvalue weighted by Gasteiger charge is -2.08. The molecule has 3 aromatic carbocycles. The number of nitrogens with zero attached hydrogens (tertiary/aromatic N) is 2. The molecule has 0 unspecified atom stereocenters. The molecule has 0 saturated carbocycles. The van der Waals surface area contributed by atoms with Crippen LogP contribution in [0.4, 0.5) is 0 Å². The molecular weight excluding hydrogens is 450 g/mol. The number of aromatic nitrogens is 1. The lowest BCUT2D eigenvalue weighted by molar-refractivity contribution is 0.0953. The van der Waals surface area contributed by atoms with Gasteiger partial charge in [-0.1, -0.05) is 35.6 Å². The second-order valence-electron chi connectivity index (χ2n) is 7.86. The van der Waals surface area contributed by atoms with Gasteiger partial charge < -0.3 is 13.7 Å². The van der Waals surface area contributed by atoms with Crippen molar-refractivity contribution in [3.05, 3.63) is 105 Å². The molecule has 0 bridgehead atoms. The Kier molecular flexibility index (Phi) is 5.73. The zero-order chi connectivity index (χ0) is 23.7. The number of thiazole rings is 1. The maximum atomic E-state index is 12.5. The molecule has 0 atom stereocenters. The Morgan fingerprint density at radius 3 is 2.68 bits per heavy atom. The second-order valence-corrected chi connectivity index (χ2v) is 8.87. The van der Waals surface area contributed by atoms with Crippen molar-refractivity contribution >= 4 is 38.4 Å². The number of carbonyl (C=O) groups is 1. The number of amides is 1. The number of nitrogens with one attached hydrogen (secondary N) is 1. The fourth-order valence-electron chi connectivity index (χ4n) is 3.67. The minimum atomic E-state index is -0.385. The number of rotatable bonds is 5. The summed E-state index contributed by atoms with van der Waals surface area (Å²) in [6.07, 6.45) is 0. The smallest absolute Gasteiger partial charge is 0.336 e. The summed E-state index contributed by atoms with van der Waals surface area (Å²) >= 11 is 1.51. The Morgan fingerprint density at radius 1 is 1.09 bits per heavy atom. The maximum Gasteiger partial charge on any atom is 0.336 e. The summed E-state index contributed by atoms with van der Waals surface area (Å²) in [6.45, 7) is 2.18. The summed E-state index contributed by atoms with van der Waals surface area (Å²) in [5.41, 5.74) is 6.06. The summed E-state index contributed by atoms with van der Waals surface area (Å²) in [4.78, 5) is 24.9. The van der Waals surface area contributed by atoms with E-state index in [0.717, 1.165) is 26.7 Å². The number of fused-ring (bicyclic) bond motifs is 2. The van der Waals surface area contributed by atoms with Gasteiger partial charge in [0.2, 0.25) is 4.80 Å². The van der Waals surface area contributed by atoms with Gasteiger partial charge >= 0.3 is 5.63 Å². The first-order valence-corrected chi connectivity index (χ1v) is 11.4. The van der Waals surface area contributed by atoms with E-state index in [1.165, 1.54) is 17.4 Å². The minimum Gasteiger partial charge on any atom is -0.489 e. The molecule has 0 saturated heterocycles. The van der Waals surface area contributed by atoms with E-state index in [0.29, 0.717) is 28.3 Å².